The molecule has 4 rings (SSSR count). The Labute approximate surface area is 124 Å². The number of hydrogen-bond acceptors (Lipinski definition) is 1. The largest absolute Gasteiger partial charge is 0.289 e. The third kappa shape index (κ3) is 1.74. The summed E-state index contributed by atoms with van der Waals surface area (Å²) in [6.45, 7) is 2.16. The fourth-order valence-electron chi connectivity index (χ4n) is 3.43. The van der Waals surface area contributed by atoms with Crippen molar-refractivity contribution in [2.24, 2.45) is 0 Å². The van der Waals surface area contributed by atoms with Crippen LogP contribution in [0.2, 0.25) is 0 Å². The molecule has 102 valence electrons. The van der Waals surface area contributed by atoms with Gasteiger partial charge >= 0.3 is 0 Å². The first-order valence-corrected chi connectivity index (χ1v) is 7.45. The summed E-state index contributed by atoms with van der Waals surface area (Å²) in [6.07, 6.45) is 1.84. The summed E-state index contributed by atoms with van der Waals surface area (Å²) < 4.78 is 0. The van der Waals surface area contributed by atoms with Crippen molar-refractivity contribution in [3.8, 4) is 0 Å². The number of ketones is 1. The van der Waals surface area contributed by atoms with E-state index in [0.29, 0.717) is 0 Å². The SMILES string of the molecule is CCc1cccc2c3c(ccc12)Cc1ccccc1C3=O. The van der Waals surface area contributed by atoms with Crippen LogP contribution in [-0.2, 0) is 12.8 Å². The van der Waals surface area contributed by atoms with Crippen molar-refractivity contribution in [1.29, 1.82) is 0 Å². The van der Waals surface area contributed by atoms with Crippen LogP contribution >= 0.6 is 0 Å². The lowest BCUT2D eigenvalue weighted by atomic mass is 9.82. The van der Waals surface area contributed by atoms with Gasteiger partial charge in [-0.1, -0.05) is 61.5 Å². The van der Waals surface area contributed by atoms with E-state index in [1.807, 2.05) is 18.2 Å². The Kier molecular flexibility index (Phi) is 2.68. The highest BCUT2D eigenvalue weighted by Gasteiger charge is 2.24. The van der Waals surface area contributed by atoms with Gasteiger partial charge in [0.05, 0.1) is 0 Å². The molecule has 0 aliphatic heterocycles. The summed E-state index contributed by atoms with van der Waals surface area (Å²) in [7, 11) is 0. The summed E-state index contributed by atoms with van der Waals surface area (Å²) in [5.41, 5.74) is 5.36. The fraction of sp³-hybridized carbons (Fsp3) is 0.150. The fourth-order valence-corrected chi connectivity index (χ4v) is 3.43. The van der Waals surface area contributed by atoms with Gasteiger partial charge in [-0.15, -0.1) is 0 Å². The van der Waals surface area contributed by atoms with E-state index < -0.39 is 0 Å². The van der Waals surface area contributed by atoms with Gasteiger partial charge in [-0.3, -0.25) is 4.79 Å². The molecular weight excluding hydrogens is 256 g/mol. The van der Waals surface area contributed by atoms with Crippen LogP contribution in [0.4, 0.5) is 0 Å². The number of rotatable bonds is 1. The average molecular weight is 272 g/mol. The standard InChI is InChI=1S/C20H16O/c1-2-13-7-5-9-18-16(13)11-10-15-12-14-6-3-4-8-17(14)20(21)19(15)18/h3-11H,2,12H2,1H3. The first kappa shape index (κ1) is 12.3. The molecule has 0 heterocycles. The Balaban J connectivity index is 2.04. The zero-order valence-corrected chi connectivity index (χ0v) is 12.0. The van der Waals surface area contributed by atoms with Crippen LogP contribution in [0.25, 0.3) is 10.8 Å². The van der Waals surface area contributed by atoms with E-state index in [2.05, 4.69) is 43.3 Å². The molecule has 0 aromatic heterocycles. The summed E-state index contributed by atoms with van der Waals surface area (Å²) in [5, 5.41) is 2.32. The van der Waals surface area contributed by atoms with Gasteiger partial charge < -0.3 is 0 Å². The van der Waals surface area contributed by atoms with Crippen molar-refractivity contribution in [3.05, 3.63) is 82.4 Å². The van der Waals surface area contributed by atoms with E-state index in [4.69, 9.17) is 0 Å². The molecule has 0 amide bonds. The molecule has 1 nitrogen and oxygen atoms in total. The maximum Gasteiger partial charge on any atom is 0.194 e. The average Bonchev–Trinajstić information content (AvgIpc) is 2.54. The third-order valence-corrected chi connectivity index (χ3v) is 4.49. The minimum absolute atomic E-state index is 0.172. The van der Waals surface area contributed by atoms with Crippen molar-refractivity contribution in [2.45, 2.75) is 19.8 Å². The second-order valence-electron chi connectivity index (χ2n) is 5.63. The Hall–Kier alpha value is -2.41. The Bertz CT molecular complexity index is 874. The molecule has 3 aromatic carbocycles. The Morgan fingerprint density at radius 3 is 2.57 bits per heavy atom. The lowest BCUT2D eigenvalue weighted by molar-refractivity contribution is 0.103. The number of carbonyl (C=O) groups is 1. The minimum atomic E-state index is 0.172. The van der Waals surface area contributed by atoms with Gasteiger partial charge in [0.25, 0.3) is 0 Å². The van der Waals surface area contributed by atoms with E-state index in [1.165, 1.54) is 10.9 Å². The van der Waals surface area contributed by atoms with Gasteiger partial charge in [0.15, 0.2) is 5.78 Å². The maximum atomic E-state index is 12.9. The molecule has 3 aromatic rings. The number of fused-ring (bicyclic) bond motifs is 4. The smallest absolute Gasteiger partial charge is 0.194 e. The molecule has 0 spiro atoms. The third-order valence-electron chi connectivity index (χ3n) is 4.49. The lowest BCUT2D eigenvalue weighted by Crippen LogP contribution is -2.15. The van der Waals surface area contributed by atoms with Crippen LogP contribution in [0, 0.1) is 0 Å². The highest BCUT2D eigenvalue weighted by Crippen LogP contribution is 2.33. The predicted molar refractivity (Wildman–Crippen MR) is 86.0 cm³/mol. The molecule has 0 atom stereocenters. The van der Waals surface area contributed by atoms with Crippen LogP contribution in [0.5, 0.6) is 0 Å². The van der Waals surface area contributed by atoms with Gasteiger partial charge in [0.2, 0.25) is 0 Å². The Morgan fingerprint density at radius 1 is 0.857 bits per heavy atom. The first-order valence-electron chi connectivity index (χ1n) is 7.45. The lowest BCUT2D eigenvalue weighted by Gasteiger charge is -2.20. The molecular formula is C20H16O. The first-order chi connectivity index (χ1) is 10.3. The van der Waals surface area contributed by atoms with E-state index in [0.717, 1.165) is 40.5 Å². The normalized spacial score (nSPS) is 13.1. The van der Waals surface area contributed by atoms with E-state index in [-0.39, 0.29) is 5.78 Å². The van der Waals surface area contributed by atoms with Crippen molar-refractivity contribution < 1.29 is 4.79 Å². The van der Waals surface area contributed by atoms with Crippen molar-refractivity contribution >= 4 is 16.6 Å². The summed E-state index contributed by atoms with van der Waals surface area (Å²) in [5.74, 6) is 0.172. The second kappa shape index (κ2) is 4.56. The molecule has 0 N–H and O–H groups in total. The van der Waals surface area contributed by atoms with Crippen LogP contribution in [0.3, 0.4) is 0 Å². The van der Waals surface area contributed by atoms with Crippen molar-refractivity contribution in [3.63, 3.8) is 0 Å². The number of aryl methyl sites for hydroxylation is 1. The maximum absolute atomic E-state index is 12.9. The molecule has 1 aliphatic carbocycles. The minimum Gasteiger partial charge on any atom is -0.289 e. The molecule has 0 saturated carbocycles. The van der Waals surface area contributed by atoms with Gasteiger partial charge in [-0.05, 0) is 40.3 Å². The summed E-state index contributed by atoms with van der Waals surface area (Å²) in [4.78, 5) is 12.9. The highest BCUT2D eigenvalue weighted by molar-refractivity contribution is 6.19. The number of carbonyl (C=O) groups excluding carboxylic acids is 1. The number of benzene rings is 3. The molecule has 0 radical (unpaired) electrons. The van der Waals surface area contributed by atoms with Crippen LogP contribution < -0.4 is 0 Å². The quantitative estimate of drug-likeness (QED) is 0.497. The van der Waals surface area contributed by atoms with Crippen LogP contribution in [-0.4, -0.2) is 5.78 Å². The molecule has 0 saturated heterocycles. The highest BCUT2D eigenvalue weighted by atomic mass is 16.1. The molecule has 0 bridgehead atoms. The van der Waals surface area contributed by atoms with E-state index in [1.54, 1.807) is 0 Å². The molecule has 21 heavy (non-hydrogen) atoms. The zero-order valence-electron chi connectivity index (χ0n) is 12.0. The van der Waals surface area contributed by atoms with E-state index >= 15 is 0 Å². The Morgan fingerprint density at radius 2 is 1.71 bits per heavy atom. The monoisotopic (exact) mass is 272 g/mol. The van der Waals surface area contributed by atoms with Gasteiger partial charge in [-0.25, -0.2) is 0 Å². The van der Waals surface area contributed by atoms with Crippen LogP contribution in [0.1, 0.15) is 39.5 Å². The van der Waals surface area contributed by atoms with Crippen molar-refractivity contribution in [2.75, 3.05) is 0 Å². The van der Waals surface area contributed by atoms with Gasteiger partial charge in [-0.2, -0.15) is 0 Å². The predicted octanol–water partition coefficient (Wildman–Crippen LogP) is 4.54. The summed E-state index contributed by atoms with van der Waals surface area (Å²) in [6, 6.07) is 18.6. The molecule has 0 unspecified atom stereocenters. The van der Waals surface area contributed by atoms with Gasteiger partial charge in [0.1, 0.15) is 0 Å². The molecule has 1 heteroatoms. The van der Waals surface area contributed by atoms with Crippen molar-refractivity contribution in [1.82, 2.24) is 0 Å². The van der Waals surface area contributed by atoms with E-state index in [9.17, 15) is 4.79 Å². The van der Waals surface area contributed by atoms with Gasteiger partial charge in [0, 0.05) is 11.1 Å². The van der Waals surface area contributed by atoms with Crippen LogP contribution in [0.15, 0.2) is 54.6 Å². The molecule has 1 aliphatic rings. The number of hydrogen-bond donors (Lipinski definition) is 0. The topological polar surface area (TPSA) is 17.1 Å². The zero-order chi connectivity index (χ0) is 14.4. The molecule has 0 fully saturated rings. The summed E-state index contributed by atoms with van der Waals surface area (Å²) >= 11 is 0. The second-order valence-corrected chi connectivity index (χ2v) is 5.63.